The number of hydrogen-bond donors (Lipinski definition) is 0. The van der Waals surface area contributed by atoms with Gasteiger partial charge in [0, 0.05) is 17.4 Å². The van der Waals surface area contributed by atoms with Gasteiger partial charge < -0.3 is 9.30 Å². The first-order valence-corrected chi connectivity index (χ1v) is 10.7. The Balaban J connectivity index is 1.46. The minimum absolute atomic E-state index is 0.185. The van der Waals surface area contributed by atoms with Crippen molar-refractivity contribution >= 4 is 11.6 Å². The molecule has 5 aromatic rings. The van der Waals surface area contributed by atoms with Crippen LogP contribution in [0, 0.1) is 0 Å². The SMILES string of the molecule is O=c1c(OCc2ccc(-c3ccccc3)cc2)c(-n2ccnc2)cnn1-c1ccc(Cl)cc1. The molecule has 0 unspecified atom stereocenters. The van der Waals surface area contributed by atoms with Gasteiger partial charge in [-0.1, -0.05) is 66.2 Å². The molecule has 0 radical (unpaired) electrons. The predicted molar refractivity (Wildman–Crippen MR) is 128 cm³/mol. The van der Waals surface area contributed by atoms with E-state index in [2.05, 4.69) is 22.2 Å². The Bertz CT molecular complexity index is 1410. The zero-order chi connectivity index (χ0) is 22.6. The van der Waals surface area contributed by atoms with Crippen LogP contribution in [0.4, 0.5) is 0 Å². The normalized spacial score (nSPS) is 10.8. The fraction of sp³-hybridized carbons (Fsp3) is 0.0385. The van der Waals surface area contributed by atoms with Gasteiger partial charge in [-0.15, -0.1) is 0 Å². The van der Waals surface area contributed by atoms with E-state index in [4.69, 9.17) is 16.3 Å². The molecule has 0 aliphatic rings. The van der Waals surface area contributed by atoms with E-state index >= 15 is 0 Å². The molecule has 162 valence electrons. The highest BCUT2D eigenvalue weighted by Crippen LogP contribution is 2.22. The lowest BCUT2D eigenvalue weighted by atomic mass is 10.0. The quantitative estimate of drug-likeness (QED) is 0.348. The third-order valence-corrected chi connectivity index (χ3v) is 5.46. The van der Waals surface area contributed by atoms with Crippen molar-refractivity contribution in [2.45, 2.75) is 6.61 Å². The minimum atomic E-state index is -0.371. The highest BCUT2D eigenvalue weighted by molar-refractivity contribution is 6.30. The van der Waals surface area contributed by atoms with Crippen LogP contribution in [-0.4, -0.2) is 19.3 Å². The fourth-order valence-electron chi connectivity index (χ4n) is 3.50. The zero-order valence-electron chi connectivity index (χ0n) is 17.5. The van der Waals surface area contributed by atoms with Crippen molar-refractivity contribution in [2.75, 3.05) is 0 Å². The van der Waals surface area contributed by atoms with Crippen molar-refractivity contribution < 1.29 is 4.74 Å². The van der Waals surface area contributed by atoms with E-state index in [0.717, 1.165) is 16.7 Å². The number of imidazole rings is 1. The summed E-state index contributed by atoms with van der Waals surface area (Å²) in [5, 5.41) is 4.91. The van der Waals surface area contributed by atoms with Crippen molar-refractivity contribution in [2.24, 2.45) is 0 Å². The van der Waals surface area contributed by atoms with Crippen LogP contribution < -0.4 is 10.3 Å². The second-order valence-corrected chi connectivity index (χ2v) is 7.81. The Morgan fingerprint density at radius 3 is 2.30 bits per heavy atom. The Morgan fingerprint density at radius 1 is 0.879 bits per heavy atom. The highest BCUT2D eigenvalue weighted by Gasteiger charge is 2.16. The molecule has 5 rings (SSSR count). The Kier molecular flexibility index (Phi) is 5.74. The number of nitrogens with zero attached hydrogens (tertiary/aromatic N) is 4. The van der Waals surface area contributed by atoms with E-state index in [-0.39, 0.29) is 17.9 Å². The lowest BCUT2D eigenvalue weighted by Gasteiger charge is -2.14. The second-order valence-electron chi connectivity index (χ2n) is 7.37. The van der Waals surface area contributed by atoms with Crippen LogP contribution in [0.15, 0.2) is 109 Å². The third kappa shape index (κ3) is 4.42. The summed E-state index contributed by atoms with van der Waals surface area (Å²) in [6, 6.07) is 25.1. The summed E-state index contributed by atoms with van der Waals surface area (Å²) in [7, 11) is 0. The van der Waals surface area contributed by atoms with Crippen LogP contribution in [0.3, 0.4) is 0 Å². The maximum atomic E-state index is 13.3. The summed E-state index contributed by atoms with van der Waals surface area (Å²) < 4.78 is 9.06. The largest absolute Gasteiger partial charge is 0.481 e. The minimum Gasteiger partial charge on any atom is -0.481 e. The topological polar surface area (TPSA) is 61.9 Å². The molecule has 0 aliphatic carbocycles. The van der Waals surface area contributed by atoms with Gasteiger partial charge in [0.05, 0.1) is 18.2 Å². The number of aromatic nitrogens is 4. The number of ether oxygens (including phenoxy) is 1. The van der Waals surface area contributed by atoms with Crippen molar-refractivity contribution in [1.82, 2.24) is 19.3 Å². The molecule has 2 heterocycles. The molecule has 0 fully saturated rings. The third-order valence-electron chi connectivity index (χ3n) is 5.21. The van der Waals surface area contributed by atoms with E-state index in [1.54, 1.807) is 53.8 Å². The molecule has 2 aromatic heterocycles. The van der Waals surface area contributed by atoms with Crippen LogP contribution in [0.25, 0.3) is 22.5 Å². The number of hydrogen-bond acceptors (Lipinski definition) is 4. The molecule has 0 spiro atoms. The van der Waals surface area contributed by atoms with Crippen molar-refractivity contribution in [3.8, 4) is 28.3 Å². The maximum Gasteiger partial charge on any atom is 0.316 e. The first kappa shape index (κ1) is 20.7. The molecule has 0 amide bonds. The van der Waals surface area contributed by atoms with Gasteiger partial charge in [0.25, 0.3) is 0 Å². The predicted octanol–water partition coefficient (Wildman–Crippen LogP) is 5.32. The van der Waals surface area contributed by atoms with Crippen LogP contribution in [0.1, 0.15) is 5.56 Å². The van der Waals surface area contributed by atoms with E-state index < -0.39 is 0 Å². The van der Waals surface area contributed by atoms with Crippen LogP contribution in [0.5, 0.6) is 5.75 Å². The fourth-order valence-corrected chi connectivity index (χ4v) is 3.62. The Labute approximate surface area is 195 Å². The van der Waals surface area contributed by atoms with E-state index in [9.17, 15) is 4.79 Å². The lowest BCUT2D eigenvalue weighted by molar-refractivity contribution is 0.298. The van der Waals surface area contributed by atoms with Gasteiger partial charge in [0.1, 0.15) is 12.3 Å². The zero-order valence-corrected chi connectivity index (χ0v) is 18.3. The van der Waals surface area contributed by atoms with Gasteiger partial charge in [-0.05, 0) is 41.0 Å². The maximum absolute atomic E-state index is 13.3. The number of rotatable bonds is 6. The smallest absolute Gasteiger partial charge is 0.316 e. The molecule has 3 aromatic carbocycles. The second kappa shape index (κ2) is 9.14. The molecule has 0 aliphatic heterocycles. The molecule has 0 atom stereocenters. The Morgan fingerprint density at radius 2 is 1.61 bits per heavy atom. The molecular formula is C26H19ClN4O2. The van der Waals surface area contributed by atoms with Gasteiger partial charge in [0.2, 0.25) is 5.75 Å². The summed E-state index contributed by atoms with van der Waals surface area (Å²) in [4.78, 5) is 17.4. The highest BCUT2D eigenvalue weighted by atomic mass is 35.5. The lowest BCUT2D eigenvalue weighted by Crippen LogP contribution is -2.24. The average molecular weight is 455 g/mol. The first-order valence-electron chi connectivity index (χ1n) is 10.3. The molecular weight excluding hydrogens is 436 g/mol. The summed E-state index contributed by atoms with van der Waals surface area (Å²) in [5.41, 5.74) is 3.95. The summed E-state index contributed by atoms with van der Waals surface area (Å²) in [6.07, 6.45) is 6.57. The van der Waals surface area contributed by atoms with Crippen LogP contribution in [-0.2, 0) is 6.61 Å². The van der Waals surface area contributed by atoms with Crippen LogP contribution >= 0.6 is 11.6 Å². The van der Waals surface area contributed by atoms with Crippen molar-refractivity contribution in [3.63, 3.8) is 0 Å². The molecule has 0 saturated heterocycles. The summed E-state index contributed by atoms with van der Waals surface area (Å²) in [5.74, 6) is 0.185. The van der Waals surface area contributed by atoms with E-state index in [1.165, 1.54) is 4.68 Å². The molecule has 0 bridgehead atoms. The van der Waals surface area contributed by atoms with E-state index in [0.29, 0.717) is 16.4 Å². The Hall–Kier alpha value is -4.16. The van der Waals surface area contributed by atoms with Gasteiger partial charge in [-0.25, -0.2) is 4.98 Å². The van der Waals surface area contributed by atoms with Crippen molar-refractivity contribution in [3.05, 3.63) is 125 Å². The van der Waals surface area contributed by atoms with Gasteiger partial charge in [0.15, 0.2) is 0 Å². The average Bonchev–Trinajstić information content (AvgIpc) is 3.40. The first-order chi connectivity index (χ1) is 16.2. The number of benzene rings is 3. The van der Waals surface area contributed by atoms with Crippen LogP contribution in [0.2, 0.25) is 5.02 Å². The van der Waals surface area contributed by atoms with Gasteiger partial charge in [-0.2, -0.15) is 9.78 Å². The van der Waals surface area contributed by atoms with E-state index in [1.807, 2.05) is 42.5 Å². The summed E-state index contributed by atoms with van der Waals surface area (Å²) >= 11 is 5.99. The van der Waals surface area contributed by atoms with Gasteiger partial charge in [-0.3, -0.25) is 4.79 Å². The molecule has 6 nitrogen and oxygen atoms in total. The standard InChI is InChI=1S/C26H19ClN4O2/c27-22-10-12-23(13-11-22)31-26(32)25(24(16-29-31)30-15-14-28-18-30)33-17-19-6-8-21(9-7-19)20-4-2-1-3-5-20/h1-16,18H,17H2. The molecule has 33 heavy (non-hydrogen) atoms. The molecule has 0 saturated carbocycles. The van der Waals surface area contributed by atoms with Crippen molar-refractivity contribution in [1.29, 1.82) is 0 Å². The summed E-state index contributed by atoms with van der Waals surface area (Å²) in [6.45, 7) is 0.233. The van der Waals surface area contributed by atoms with Gasteiger partial charge >= 0.3 is 5.56 Å². The number of halogens is 1. The monoisotopic (exact) mass is 454 g/mol. The molecule has 7 heteroatoms. The molecule has 0 N–H and O–H groups in total.